The molecule has 1 aliphatic heterocycles. The van der Waals surface area contributed by atoms with Crippen LogP contribution in [0.4, 0.5) is 20.0 Å². The van der Waals surface area contributed by atoms with E-state index in [1.54, 1.807) is 12.3 Å². The lowest BCUT2D eigenvalue weighted by atomic mass is 9.85. The minimum absolute atomic E-state index is 0.0870. The molecule has 2 aliphatic rings. The van der Waals surface area contributed by atoms with Crippen LogP contribution in [0, 0.1) is 11.7 Å². The van der Waals surface area contributed by atoms with Gasteiger partial charge < -0.3 is 14.9 Å². The number of hydrogen-bond acceptors (Lipinski definition) is 6. The Morgan fingerprint density at radius 2 is 1.86 bits per heavy atom. The van der Waals surface area contributed by atoms with E-state index in [2.05, 4.69) is 22.1 Å². The highest BCUT2D eigenvalue weighted by Crippen LogP contribution is 2.34. The average molecular weight is 521 g/mol. The summed E-state index contributed by atoms with van der Waals surface area (Å²) in [6.45, 7) is 3.69. The molecule has 2 heterocycles. The van der Waals surface area contributed by atoms with Crippen molar-refractivity contribution in [3.8, 4) is 0 Å². The van der Waals surface area contributed by atoms with Crippen LogP contribution in [0.1, 0.15) is 51.9 Å². The van der Waals surface area contributed by atoms with E-state index >= 15 is 0 Å². The molecule has 2 N–H and O–H groups in total. The van der Waals surface area contributed by atoms with Gasteiger partial charge in [-0.25, -0.2) is 14.2 Å². The number of benzene rings is 1. The fourth-order valence-electron chi connectivity index (χ4n) is 5.02. The Kier molecular flexibility index (Phi) is 8.89. The number of urea groups is 1. The molecule has 35 heavy (non-hydrogen) atoms. The number of hydrogen-bond donors (Lipinski definition) is 2. The third-order valence-electron chi connectivity index (χ3n) is 6.92. The van der Waals surface area contributed by atoms with E-state index in [4.69, 9.17) is 5.11 Å². The maximum absolute atomic E-state index is 14.3. The highest BCUT2D eigenvalue weighted by Gasteiger charge is 2.35. The molecule has 7 nitrogen and oxygen atoms in total. The molecule has 1 saturated carbocycles. The second-order valence-electron chi connectivity index (χ2n) is 9.40. The van der Waals surface area contributed by atoms with Gasteiger partial charge in [0.15, 0.2) is 5.13 Å². The van der Waals surface area contributed by atoms with Crippen LogP contribution in [-0.4, -0.2) is 57.9 Å². The number of thiazole rings is 1. The normalized spacial score (nSPS) is 21.0. The predicted molar refractivity (Wildman–Crippen MR) is 139 cm³/mol. The molecule has 1 aliphatic carbocycles. The first-order valence-corrected chi connectivity index (χ1v) is 14.1. The molecule has 1 aromatic carbocycles. The summed E-state index contributed by atoms with van der Waals surface area (Å²) in [5, 5.41) is 12.4. The van der Waals surface area contributed by atoms with Crippen LogP contribution in [0.25, 0.3) is 0 Å². The second kappa shape index (κ2) is 12.1. The minimum atomic E-state index is -0.825. The molecule has 0 spiro atoms. The van der Waals surface area contributed by atoms with Gasteiger partial charge in [-0.15, -0.1) is 11.8 Å². The standard InChI is InChI=1S/C25H33FN4O3S2/c1-17-6-8-18(9-7-17)30(19-10-13-29(14-11-19)21-5-3-2-4-20(21)26)25(33)28-24-27-16-23(35-24)34-15-12-22(31)32/h2-5,16-19H,6-15H2,1H3,(H,31,32)(H,27,28,33)/t17-,18-. The first-order valence-electron chi connectivity index (χ1n) is 12.3. The van der Waals surface area contributed by atoms with Gasteiger partial charge in [-0.3, -0.25) is 10.1 Å². The largest absolute Gasteiger partial charge is 0.481 e. The van der Waals surface area contributed by atoms with Crippen LogP contribution < -0.4 is 10.2 Å². The van der Waals surface area contributed by atoms with Crippen molar-refractivity contribution in [3.05, 3.63) is 36.3 Å². The number of piperidine rings is 1. The number of thioether (sulfide) groups is 1. The lowest BCUT2D eigenvalue weighted by Crippen LogP contribution is -2.54. The Morgan fingerprint density at radius 3 is 2.54 bits per heavy atom. The molecule has 1 saturated heterocycles. The van der Waals surface area contributed by atoms with E-state index in [1.807, 2.05) is 17.0 Å². The van der Waals surface area contributed by atoms with Crippen LogP contribution in [0.5, 0.6) is 0 Å². The van der Waals surface area contributed by atoms with Gasteiger partial charge in [0.2, 0.25) is 0 Å². The van der Waals surface area contributed by atoms with E-state index in [0.717, 1.165) is 42.7 Å². The smallest absolute Gasteiger partial charge is 0.324 e. The Labute approximate surface area is 214 Å². The zero-order valence-electron chi connectivity index (χ0n) is 20.0. The number of halogens is 1. The first kappa shape index (κ1) is 25.8. The molecule has 0 unspecified atom stereocenters. The number of aromatic nitrogens is 1. The minimum Gasteiger partial charge on any atom is -0.481 e. The van der Waals surface area contributed by atoms with Crippen LogP contribution in [0.3, 0.4) is 0 Å². The Morgan fingerprint density at radius 1 is 1.17 bits per heavy atom. The SMILES string of the molecule is C[C@H]1CC[C@H](N(C(=O)Nc2ncc(SCCC(=O)O)s2)C2CCN(c3ccccc3F)CC2)CC1. The molecule has 2 aromatic rings. The van der Waals surface area contributed by atoms with Crippen molar-refractivity contribution in [1.82, 2.24) is 9.88 Å². The third-order valence-corrected chi connectivity index (χ3v) is 9.03. The first-order chi connectivity index (χ1) is 16.9. The highest BCUT2D eigenvalue weighted by atomic mass is 32.2. The van der Waals surface area contributed by atoms with Gasteiger partial charge in [-0.05, 0) is 56.6 Å². The van der Waals surface area contributed by atoms with Gasteiger partial charge in [0, 0.05) is 30.9 Å². The Hall–Kier alpha value is -2.33. The molecule has 10 heteroatoms. The van der Waals surface area contributed by atoms with E-state index < -0.39 is 5.97 Å². The van der Waals surface area contributed by atoms with Crippen molar-refractivity contribution in [2.24, 2.45) is 5.92 Å². The average Bonchev–Trinajstić information content (AvgIpc) is 3.28. The zero-order chi connectivity index (χ0) is 24.8. The summed E-state index contributed by atoms with van der Waals surface area (Å²) >= 11 is 2.81. The lowest BCUT2D eigenvalue weighted by Gasteiger charge is -2.44. The number of carbonyl (C=O) groups is 2. The third kappa shape index (κ3) is 6.88. The molecule has 2 amide bonds. The summed E-state index contributed by atoms with van der Waals surface area (Å²) in [5.74, 6) is 0.123. The zero-order valence-corrected chi connectivity index (χ0v) is 21.6. The van der Waals surface area contributed by atoms with Gasteiger partial charge in [-0.2, -0.15) is 0 Å². The molecule has 4 rings (SSSR count). The van der Waals surface area contributed by atoms with Crippen molar-refractivity contribution < 1.29 is 19.1 Å². The van der Waals surface area contributed by atoms with Crippen LogP contribution >= 0.6 is 23.1 Å². The monoisotopic (exact) mass is 520 g/mol. The summed E-state index contributed by atoms with van der Waals surface area (Å²) in [6, 6.07) is 7.04. The fourth-order valence-corrected chi connectivity index (χ4v) is 6.89. The van der Waals surface area contributed by atoms with Crippen molar-refractivity contribution in [2.75, 3.05) is 29.1 Å². The number of nitrogens with one attached hydrogen (secondary N) is 1. The molecule has 190 valence electrons. The van der Waals surface area contributed by atoms with E-state index in [-0.39, 0.29) is 30.4 Å². The van der Waals surface area contributed by atoms with Gasteiger partial charge in [-0.1, -0.05) is 30.4 Å². The summed E-state index contributed by atoms with van der Waals surface area (Å²) in [4.78, 5) is 32.7. The predicted octanol–water partition coefficient (Wildman–Crippen LogP) is 5.93. The number of carboxylic acid groups (broad SMARTS) is 1. The molecule has 0 atom stereocenters. The summed E-state index contributed by atoms with van der Waals surface area (Å²) < 4.78 is 15.2. The maximum atomic E-state index is 14.3. The molecule has 0 radical (unpaired) electrons. The molecule has 0 bridgehead atoms. The lowest BCUT2D eigenvalue weighted by molar-refractivity contribution is -0.136. The van der Waals surface area contributed by atoms with E-state index in [1.165, 1.54) is 29.2 Å². The number of aliphatic carboxylic acids is 1. The Bertz CT molecular complexity index is 1000. The van der Waals surface area contributed by atoms with Gasteiger partial charge >= 0.3 is 12.0 Å². The number of nitrogens with zero attached hydrogens (tertiary/aromatic N) is 3. The molecular formula is C25H33FN4O3S2. The number of para-hydroxylation sites is 1. The topological polar surface area (TPSA) is 85.8 Å². The maximum Gasteiger partial charge on any atom is 0.324 e. The van der Waals surface area contributed by atoms with Crippen molar-refractivity contribution >= 4 is 45.9 Å². The van der Waals surface area contributed by atoms with E-state index in [9.17, 15) is 14.0 Å². The van der Waals surface area contributed by atoms with Crippen molar-refractivity contribution in [1.29, 1.82) is 0 Å². The Balaban J connectivity index is 1.41. The van der Waals surface area contributed by atoms with Gasteiger partial charge in [0.1, 0.15) is 5.82 Å². The molecule has 2 fully saturated rings. The summed E-state index contributed by atoms with van der Waals surface area (Å²) in [6.07, 6.45) is 7.58. The number of carbonyl (C=O) groups excluding carboxylic acids is 1. The quantitative estimate of drug-likeness (QED) is 0.420. The molecular weight excluding hydrogens is 487 g/mol. The fraction of sp³-hybridized carbons (Fsp3) is 0.560. The number of anilines is 2. The molecule has 1 aromatic heterocycles. The van der Waals surface area contributed by atoms with Crippen LogP contribution in [0.15, 0.2) is 34.7 Å². The second-order valence-corrected chi connectivity index (χ2v) is 11.8. The van der Waals surface area contributed by atoms with Crippen molar-refractivity contribution in [2.45, 2.75) is 68.2 Å². The van der Waals surface area contributed by atoms with Crippen molar-refractivity contribution in [3.63, 3.8) is 0 Å². The summed E-state index contributed by atoms with van der Waals surface area (Å²) in [7, 11) is 0. The number of rotatable bonds is 8. The van der Waals surface area contributed by atoms with Crippen LogP contribution in [0.2, 0.25) is 0 Å². The van der Waals surface area contributed by atoms with Crippen LogP contribution in [-0.2, 0) is 4.79 Å². The van der Waals surface area contributed by atoms with Gasteiger partial charge in [0.25, 0.3) is 0 Å². The van der Waals surface area contributed by atoms with E-state index in [0.29, 0.717) is 35.6 Å². The highest BCUT2D eigenvalue weighted by molar-refractivity contribution is 8.01. The number of carboxylic acids is 1. The van der Waals surface area contributed by atoms with Gasteiger partial charge in [0.05, 0.1) is 22.5 Å². The summed E-state index contributed by atoms with van der Waals surface area (Å²) in [5.41, 5.74) is 0.629. The number of amides is 2.